The molecule has 1 aromatic heterocycles. The number of hydrogen-bond donors (Lipinski definition) is 1. The minimum absolute atomic E-state index is 0.0607. The Hall–Kier alpha value is -3.48. The molecule has 0 atom stereocenters. The monoisotopic (exact) mass is 350 g/mol. The predicted molar refractivity (Wildman–Crippen MR) is 98.5 cm³/mol. The van der Waals surface area contributed by atoms with Crippen molar-refractivity contribution >= 4 is 17.3 Å². The van der Waals surface area contributed by atoms with Gasteiger partial charge in [0.1, 0.15) is 0 Å². The number of hydrogen-bond acceptors (Lipinski definition) is 4. The fraction of sp³-hybridized carbons (Fsp3) is 0.158. The Morgan fingerprint density at radius 1 is 1.15 bits per heavy atom. The Kier molecular flexibility index (Phi) is 4.79. The van der Waals surface area contributed by atoms with Crippen LogP contribution in [0.15, 0.2) is 54.6 Å². The van der Waals surface area contributed by atoms with Crippen LogP contribution >= 0.6 is 0 Å². The lowest BCUT2D eigenvalue weighted by Crippen LogP contribution is -2.17. The van der Waals surface area contributed by atoms with Gasteiger partial charge < -0.3 is 5.32 Å². The largest absolute Gasteiger partial charge is 0.324 e. The first-order chi connectivity index (χ1) is 12.5. The van der Waals surface area contributed by atoms with Gasteiger partial charge in [-0.2, -0.15) is 5.10 Å². The van der Waals surface area contributed by atoms with E-state index in [1.807, 2.05) is 38.1 Å². The lowest BCUT2D eigenvalue weighted by Gasteiger charge is -2.12. The molecule has 3 rings (SSSR count). The average Bonchev–Trinajstić information content (AvgIpc) is 2.93. The third kappa shape index (κ3) is 3.61. The van der Waals surface area contributed by atoms with Crippen LogP contribution in [0.5, 0.6) is 0 Å². The number of rotatable bonds is 5. The number of nitrogens with zero attached hydrogens (tertiary/aromatic N) is 3. The van der Waals surface area contributed by atoms with Crippen LogP contribution in [0.4, 0.5) is 11.4 Å². The Balaban J connectivity index is 1.85. The van der Waals surface area contributed by atoms with Crippen LogP contribution in [0.25, 0.3) is 5.69 Å². The minimum atomic E-state index is -0.480. The molecule has 2 aromatic carbocycles. The zero-order valence-corrected chi connectivity index (χ0v) is 14.5. The number of amides is 1. The van der Waals surface area contributed by atoms with Gasteiger partial charge in [0.15, 0.2) is 0 Å². The molecule has 0 saturated carbocycles. The van der Waals surface area contributed by atoms with Crippen LogP contribution in [0.3, 0.4) is 0 Å². The summed E-state index contributed by atoms with van der Waals surface area (Å²) in [7, 11) is 0. The van der Waals surface area contributed by atoms with E-state index >= 15 is 0 Å². The summed E-state index contributed by atoms with van der Waals surface area (Å²) in [6, 6.07) is 15.5. The molecule has 0 spiro atoms. The molecule has 3 aromatic rings. The summed E-state index contributed by atoms with van der Waals surface area (Å²) in [5.74, 6) is -0.326. The molecule has 0 radical (unpaired) electrons. The number of benzene rings is 2. The summed E-state index contributed by atoms with van der Waals surface area (Å²) in [4.78, 5) is 23.1. The first kappa shape index (κ1) is 17.3. The molecular weight excluding hydrogens is 332 g/mol. The molecular formula is C19H18N4O3. The van der Waals surface area contributed by atoms with Crippen LogP contribution < -0.4 is 5.32 Å². The first-order valence-electron chi connectivity index (χ1n) is 8.10. The smallest absolute Gasteiger partial charge is 0.273 e. The van der Waals surface area contributed by atoms with Crippen molar-refractivity contribution in [2.45, 2.75) is 20.3 Å². The number of para-hydroxylation sites is 3. The lowest BCUT2D eigenvalue weighted by molar-refractivity contribution is -0.385. The highest BCUT2D eigenvalue weighted by Gasteiger charge is 2.17. The second-order valence-corrected chi connectivity index (χ2v) is 5.97. The molecule has 0 bridgehead atoms. The van der Waals surface area contributed by atoms with E-state index in [2.05, 4.69) is 10.4 Å². The van der Waals surface area contributed by atoms with Crippen LogP contribution in [-0.2, 0) is 11.2 Å². The normalized spacial score (nSPS) is 10.5. The Morgan fingerprint density at radius 2 is 1.85 bits per heavy atom. The highest BCUT2D eigenvalue weighted by atomic mass is 16.6. The van der Waals surface area contributed by atoms with Crippen LogP contribution in [0, 0.1) is 24.0 Å². The molecule has 1 N–H and O–H groups in total. The number of anilines is 1. The summed E-state index contributed by atoms with van der Waals surface area (Å²) in [5, 5.41) is 18.4. The minimum Gasteiger partial charge on any atom is -0.324 e. The third-order valence-corrected chi connectivity index (χ3v) is 3.96. The van der Waals surface area contributed by atoms with Crippen LogP contribution in [-0.4, -0.2) is 20.6 Å². The molecule has 0 unspecified atom stereocenters. The molecule has 26 heavy (non-hydrogen) atoms. The first-order valence-corrected chi connectivity index (χ1v) is 8.10. The van der Waals surface area contributed by atoms with E-state index in [1.54, 1.807) is 28.9 Å². The molecule has 0 saturated heterocycles. The van der Waals surface area contributed by atoms with Gasteiger partial charge in [-0.3, -0.25) is 14.9 Å². The number of carbonyl (C=O) groups excluding carboxylic acids is 1. The standard InChI is InChI=1S/C19H18N4O3/c1-13-11-14(2)22(21-13)18-10-6-4-8-16(18)20-19(24)12-15-7-3-5-9-17(15)23(25)26/h3-11H,12H2,1-2H3,(H,20,24). The van der Waals surface area contributed by atoms with Crippen LogP contribution in [0.1, 0.15) is 17.0 Å². The molecule has 0 fully saturated rings. The quantitative estimate of drug-likeness (QED) is 0.562. The molecule has 0 aliphatic carbocycles. The second-order valence-electron chi connectivity index (χ2n) is 5.97. The zero-order chi connectivity index (χ0) is 18.7. The second kappa shape index (κ2) is 7.18. The maximum Gasteiger partial charge on any atom is 0.273 e. The van der Waals surface area contributed by atoms with Crippen molar-refractivity contribution in [2.75, 3.05) is 5.32 Å². The topological polar surface area (TPSA) is 90.1 Å². The number of aromatic nitrogens is 2. The lowest BCUT2D eigenvalue weighted by atomic mass is 10.1. The summed E-state index contributed by atoms with van der Waals surface area (Å²) in [5.41, 5.74) is 3.48. The summed E-state index contributed by atoms with van der Waals surface area (Å²) < 4.78 is 1.76. The maximum absolute atomic E-state index is 12.5. The molecule has 7 nitrogen and oxygen atoms in total. The van der Waals surface area contributed by atoms with Gasteiger partial charge in [0.25, 0.3) is 5.69 Å². The van der Waals surface area contributed by atoms with Gasteiger partial charge in [0.2, 0.25) is 5.91 Å². The van der Waals surface area contributed by atoms with E-state index in [4.69, 9.17) is 0 Å². The number of carbonyl (C=O) groups is 1. The highest BCUT2D eigenvalue weighted by Crippen LogP contribution is 2.23. The van der Waals surface area contributed by atoms with Crippen molar-refractivity contribution in [3.63, 3.8) is 0 Å². The van der Waals surface area contributed by atoms with E-state index in [-0.39, 0.29) is 18.0 Å². The van der Waals surface area contributed by atoms with Gasteiger partial charge in [-0.05, 0) is 32.0 Å². The van der Waals surface area contributed by atoms with E-state index in [0.717, 1.165) is 17.1 Å². The van der Waals surface area contributed by atoms with Gasteiger partial charge in [-0.1, -0.05) is 30.3 Å². The Morgan fingerprint density at radius 3 is 2.54 bits per heavy atom. The van der Waals surface area contributed by atoms with Gasteiger partial charge in [0.05, 0.1) is 28.4 Å². The molecule has 1 amide bonds. The van der Waals surface area contributed by atoms with Crippen molar-refractivity contribution in [1.82, 2.24) is 9.78 Å². The van der Waals surface area contributed by atoms with Crippen molar-refractivity contribution in [2.24, 2.45) is 0 Å². The average molecular weight is 350 g/mol. The Bertz CT molecular complexity index is 978. The predicted octanol–water partition coefficient (Wildman–Crippen LogP) is 3.58. The van der Waals surface area contributed by atoms with E-state index in [9.17, 15) is 14.9 Å². The van der Waals surface area contributed by atoms with E-state index in [0.29, 0.717) is 11.3 Å². The van der Waals surface area contributed by atoms with Gasteiger partial charge in [0, 0.05) is 17.3 Å². The van der Waals surface area contributed by atoms with Crippen molar-refractivity contribution in [1.29, 1.82) is 0 Å². The van der Waals surface area contributed by atoms with Gasteiger partial charge >= 0.3 is 0 Å². The fourth-order valence-electron chi connectivity index (χ4n) is 2.84. The van der Waals surface area contributed by atoms with Gasteiger partial charge in [-0.25, -0.2) is 4.68 Å². The molecule has 1 heterocycles. The van der Waals surface area contributed by atoms with Crippen molar-refractivity contribution < 1.29 is 9.72 Å². The molecule has 7 heteroatoms. The highest BCUT2D eigenvalue weighted by molar-refractivity contribution is 5.94. The summed E-state index contributed by atoms with van der Waals surface area (Å²) in [6.07, 6.45) is -0.0807. The summed E-state index contributed by atoms with van der Waals surface area (Å²) >= 11 is 0. The van der Waals surface area contributed by atoms with E-state index in [1.165, 1.54) is 6.07 Å². The third-order valence-electron chi connectivity index (χ3n) is 3.96. The number of nitro benzene ring substituents is 1. The Labute approximate surface area is 150 Å². The molecule has 0 aliphatic heterocycles. The SMILES string of the molecule is Cc1cc(C)n(-c2ccccc2NC(=O)Cc2ccccc2[N+](=O)[O-])n1. The maximum atomic E-state index is 12.5. The number of aryl methyl sites for hydroxylation is 2. The number of nitro groups is 1. The van der Waals surface area contributed by atoms with Crippen molar-refractivity contribution in [3.8, 4) is 5.69 Å². The summed E-state index contributed by atoms with van der Waals surface area (Å²) in [6.45, 7) is 3.84. The zero-order valence-electron chi connectivity index (χ0n) is 14.5. The molecule has 0 aliphatic rings. The van der Waals surface area contributed by atoms with Gasteiger partial charge in [-0.15, -0.1) is 0 Å². The van der Waals surface area contributed by atoms with Crippen molar-refractivity contribution in [3.05, 3.63) is 81.7 Å². The number of nitrogens with one attached hydrogen (secondary N) is 1. The fourth-order valence-corrected chi connectivity index (χ4v) is 2.84. The van der Waals surface area contributed by atoms with Crippen LogP contribution in [0.2, 0.25) is 0 Å². The van der Waals surface area contributed by atoms with E-state index < -0.39 is 4.92 Å². The molecule has 132 valence electrons.